The van der Waals surface area contributed by atoms with Gasteiger partial charge in [-0.15, -0.1) is 0 Å². The van der Waals surface area contributed by atoms with Crippen molar-refractivity contribution in [3.8, 4) is 0 Å². The molecule has 2 heterocycles. The minimum absolute atomic E-state index is 0. The second kappa shape index (κ2) is 13.9. The van der Waals surface area contributed by atoms with Gasteiger partial charge in [0.05, 0.1) is 18.8 Å². The first-order chi connectivity index (χ1) is 16.2. The van der Waals surface area contributed by atoms with Gasteiger partial charge in [0.25, 0.3) is 0 Å². The Hall–Kier alpha value is -2.01. The maximum atomic E-state index is 12.6. The molecule has 1 fully saturated rings. The van der Waals surface area contributed by atoms with Crippen LogP contribution in [0.5, 0.6) is 0 Å². The summed E-state index contributed by atoms with van der Waals surface area (Å²) in [5.74, 6) is 0.711. The average Bonchev–Trinajstić information content (AvgIpc) is 3.20. The number of hydrogen-bond donors (Lipinski definition) is 2. The standard InChI is InChI=1S/C27H29N3O.C2H6.CH4.Y/c31-27(28-24-13-5-2-6-14-24)29-26-15-7-12-23-19-30(20-25(23)26)16-8-11-22(18-30)17-21-9-3-1-4-10-21;1-2;;/h2-7,9-10,12-15,22H,8,11,16-20H2,(H2,28,29,31);1-2H3;1H4;. The molecule has 5 heteroatoms. The van der Waals surface area contributed by atoms with Crippen molar-refractivity contribution in [3.63, 3.8) is 0 Å². The van der Waals surface area contributed by atoms with Crippen LogP contribution in [0.1, 0.15) is 50.8 Å². The number of piperidine rings is 1. The molecule has 0 aliphatic carbocycles. The van der Waals surface area contributed by atoms with Crippen LogP contribution in [-0.4, -0.2) is 23.6 Å². The summed E-state index contributed by atoms with van der Waals surface area (Å²) in [5, 5.41) is 6.03. The molecular formula is C30H39N3OY. The fourth-order valence-electron chi connectivity index (χ4n) is 5.44. The summed E-state index contributed by atoms with van der Waals surface area (Å²) < 4.78 is 1.12. The third-order valence-corrected chi connectivity index (χ3v) is 6.75. The van der Waals surface area contributed by atoms with Crippen molar-refractivity contribution in [2.75, 3.05) is 23.7 Å². The van der Waals surface area contributed by atoms with Crippen molar-refractivity contribution in [2.24, 2.45) is 5.92 Å². The second-order valence-corrected chi connectivity index (χ2v) is 9.07. The monoisotopic (exact) mass is 546 g/mol. The third-order valence-electron chi connectivity index (χ3n) is 6.75. The Balaban J connectivity index is 0.00000105. The molecule has 0 bridgehead atoms. The molecule has 4 nitrogen and oxygen atoms in total. The Bertz CT molecular complexity index is 1060. The molecule has 3 aromatic rings. The first-order valence-electron chi connectivity index (χ1n) is 12.2. The Morgan fingerprint density at radius 1 is 0.971 bits per heavy atom. The van der Waals surface area contributed by atoms with E-state index in [1.165, 1.54) is 42.6 Å². The van der Waals surface area contributed by atoms with Crippen molar-refractivity contribution < 1.29 is 42.0 Å². The maximum absolute atomic E-state index is 12.6. The van der Waals surface area contributed by atoms with Gasteiger partial charge in [0.15, 0.2) is 0 Å². The number of rotatable bonds is 4. The van der Waals surface area contributed by atoms with Gasteiger partial charge in [-0.3, -0.25) is 0 Å². The smallest absolute Gasteiger partial charge is 0.316 e. The molecule has 2 aliphatic rings. The summed E-state index contributed by atoms with van der Waals surface area (Å²) in [4.78, 5) is 12.6. The molecule has 2 N–H and O–H groups in total. The minimum Gasteiger partial charge on any atom is -0.316 e. The zero-order valence-electron chi connectivity index (χ0n) is 20.4. The molecule has 0 saturated carbocycles. The van der Waals surface area contributed by atoms with Gasteiger partial charge in [0.2, 0.25) is 0 Å². The van der Waals surface area contributed by atoms with Gasteiger partial charge in [0.1, 0.15) is 13.1 Å². The summed E-state index contributed by atoms with van der Waals surface area (Å²) in [6, 6.07) is 27.3. The summed E-state index contributed by atoms with van der Waals surface area (Å²) in [6.45, 7) is 8.52. The number of carbonyl (C=O) groups excluding carboxylic acids is 1. The van der Waals surface area contributed by atoms with Crippen molar-refractivity contribution >= 4 is 17.4 Å². The molecule has 5 rings (SSSR count). The fraction of sp³-hybridized carbons (Fsp3) is 0.367. The largest absolute Gasteiger partial charge is 0.323 e. The predicted molar refractivity (Wildman–Crippen MR) is 143 cm³/mol. The Morgan fingerprint density at radius 3 is 2.46 bits per heavy atom. The molecule has 183 valence electrons. The van der Waals surface area contributed by atoms with E-state index in [0.717, 1.165) is 35.4 Å². The van der Waals surface area contributed by atoms with E-state index in [9.17, 15) is 4.79 Å². The molecule has 1 spiro atoms. The van der Waals surface area contributed by atoms with Gasteiger partial charge in [-0.1, -0.05) is 51.6 Å². The Labute approximate surface area is 237 Å². The predicted octanol–water partition coefficient (Wildman–Crippen LogP) is 7.27. The van der Waals surface area contributed by atoms with Crippen molar-refractivity contribution in [1.29, 1.82) is 0 Å². The molecule has 2 atom stereocenters. The second-order valence-electron chi connectivity index (χ2n) is 9.07. The molecule has 2 amide bonds. The van der Waals surface area contributed by atoms with Crippen LogP contribution < -0.4 is 10.6 Å². The fourth-order valence-corrected chi connectivity index (χ4v) is 5.44. The topological polar surface area (TPSA) is 41.1 Å². The van der Waals surface area contributed by atoms with E-state index in [-0.39, 0.29) is 46.2 Å². The first kappa shape index (κ1) is 29.2. The molecule has 35 heavy (non-hydrogen) atoms. The van der Waals surface area contributed by atoms with E-state index in [4.69, 9.17) is 0 Å². The van der Waals surface area contributed by atoms with E-state index >= 15 is 0 Å². The number of carbonyl (C=O) groups is 1. The average molecular weight is 547 g/mol. The number of fused-ring (bicyclic) bond motifs is 1. The normalized spacial score (nSPS) is 19.8. The number of urea groups is 1. The van der Waals surface area contributed by atoms with Crippen molar-refractivity contribution in [3.05, 3.63) is 95.6 Å². The van der Waals surface area contributed by atoms with Gasteiger partial charge in [-0.05, 0) is 37.5 Å². The van der Waals surface area contributed by atoms with Gasteiger partial charge < -0.3 is 15.1 Å². The number of nitrogens with one attached hydrogen (secondary N) is 2. The number of hydrogen-bond acceptors (Lipinski definition) is 1. The van der Waals surface area contributed by atoms with Crippen LogP contribution in [-0.2, 0) is 52.2 Å². The molecular weight excluding hydrogens is 507 g/mol. The van der Waals surface area contributed by atoms with Crippen molar-refractivity contribution in [1.82, 2.24) is 0 Å². The minimum atomic E-state index is -0.185. The number of anilines is 2. The Kier molecular flexibility index (Phi) is 11.6. The van der Waals surface area contributed by atoms with E-state index in [0.29, 0.717) is 5.92 Å². The maximum Gasteiger partial charge on any atom is 0.323 e. The van der Waals surface area contributed by atoms with Crippen LogP contribution in [0.4, 0.5) is 16.2 Å². The van der Waals surface area contributed by atoms with E-state index in [1.807, 2.05) is 62.4 Å². The summed E-state index contributed by atoms with van der Waals surface area (Å²) in [5.41, 5.74) is 5.85. The van der Waals surface area contributed by atoms with E-state index < -0.39 is 0 Å². The molecule has 2 aliphatic heterocycles. The summed E-state index contributed by atoms with van der Waals surface area (Å²) in [6.07, 6.45) is 3.73. The quantitative estimate of drug-likeness (QED) is 0.262. The summed E-state index contributed by atoms with van der Waals surface area (Å²) >= 11 is 0. The van der Waals surface area contributed by atoms with Crippen LogP contribution in [0.3, 0.4) is 0 Å². The molecule has 1 saturated heterocycles. The SMILES string of the molecule is C.CC.O=C(Nc1ccccc1)Nc1cccc2c1C[N+]1(CCCC(Cc3cc[c-]cc3)C1)C2.[Y]. The number of quaternary nitrogens is 1. The van der Waals surface area contributed by atoms with Crippen LogP contribution in [0.2, 0.25) is 0 Å². The molecule has 3 aromatic carbocycles. The van der Waals surface area contributed by atoms with Crippen molar-refractivity contribution in [2.45, 2.75) is 53.6 Å². The number of amides is 2. The molecule has 2 unspecified atom stereocenters. The molecule has 0 aromatic heterocycles. The zero-order chi connectivity index (χ0) is 23.1. The van der Waals surface area contributed by atoms with Gasteiger partial charge in [0, 0.05) is 55.4 Å². The zero-order valence-corrected chi connectivity index (χ0v) is 23.2. The van der Waals surface area contributed by atoms with Gasteiger partial charge in [-0.2, -0.15) is 35.9 Å². The van der Waals surface area contributed by atoms with Gasteiger partial charge in [-0.25, -0.2) is 4.79 Å². The third kappa shape index (κ3) is 7.49. The van der Waals surface area contributed by atoms with Crippen LogP contribution in [0.15, 0.2) is 72.8 Å². The van der Waals surface area contributed by atoms with Gasteiger partial charge >= 0.3 is 6.03 Å². The molecule has 1 radical (unpaired) electrons. The summed E-state index contributed by atoms with van der Waals surface area (Å²) in [7, 11) is 0. The number of nitrogens with zero attached hydrogens (tertiary/aromatic N) is 1. The van der Waals surface area contributed by atoms with Crippen LogP contribution in [0, 0.1) is 12.0 Å². The first-order valence-corrected chi connectivity index (χ1v) is 12.2. The Morgan fingerprint density at radius 2 is 1.71 bits per heavy atom. The van der Waals surface area contributed by atoms with Crippen LogP contribution in [0.25, 0.3) is 0 Å². The number of para-hydroxylation sites is 1. The number of benzene rings is 3. The van der Waals surface area contributed by atoms with E-state index in [2.05, 4.69) is 41.0 Å². The van der Waals surface area contributed by atoms with E-state index in [1.54, 1.807) is 0 Å². The van der Waals surface area contributed by atoms with Crippen LogP contribution >= 0.6 is 0 Å².